The Morgan fingerprint density at radius 1 is 1.33 bits per heavy atom. The normalized spacial score (nSPS) is 21.2. The molecule has 1 aliphatic rings. The standard InChI is InChI=1S/C12H25NOS/c1-11(2,14)8-13(3)9-12(10-15)6-4-5-7-12/h14-15H,4-10H2,1-3H3. The maximum atomic E-state index is 9.76. The quantitative estimate of drug-likeness (QED) is 0.709. The topological polar surface area (TPSA) is 23.5 Å². The second-order valence-electron chi connectivity index (χ2n) is 5.85. The molecule has 0 aromatic carbocycles. The molecule has 0 spiro atoms. The third kappa shape index (κ3) is 4.33. The van der Waals surface area contributed by atoms with Crippen LogP contribution in [0.5, 0.6) is 0 Å². The summed E-state index contributed by atoms with van der Waals surface area (Å²) in [6.07, 6.45) is 5.28. The van der Waals surface area contributed by atoms with Crippen molar-refractivity contribution < 1.29 is 5.11 Å². The Balaban J connectivity index is 2.45. The van der Waals surface area contributed by atoms with Gasteiger partial charge in [-0.2, -0.15) is 12.6 Å². The molecule has 0 aliphatic heterocycles. The highest BCUT2D eigenvalue weighted by Gasteiger charge is 2.34. The van der Waals surface area contributed by atoms with E-state index in [0.717, 1.165) is 18.8 Å². The lowest BCUT2D eigenvalue weighted by molar-refractivity contribution is 0.0333. The summed E-state index contributed by atoms with van der Waals surface area (Å²) >= 11 is 4.50. The van der Waals surface area contributed by atoms with Crippen molar-refractivity contribution in [2.45, 2.75) is 45.1 Å². The Morgan fingerprint density at radius 2 is 1.87 bits per heavy atom. The van der Waals surface area contributed by atoms with Crippen molar-refractivity contribution in [1.82, 2.24) is 4.90 Å². The van der Waals surface area contributed by atoms with E-state index in [2.05, 4.69) is 24.6 Å². The van der Waals surface area contributed by atoms with Crippen LogP contribution in [0, 0.1) is 5.41 Å². The van der Waals surface area contributed by atoms with Gasteiger partial charge in [-0.1, -0.05) is 12.8 Å². The Kier molecular flexibility index (Phi) is 4.50. The lowest BCUT2D eigenvalue weighted by atomic mass is 9.87. The predicted octanol–water partition coefficient (Wildman–Crippen LogP) is 2.18. The zero-order chi connectivity index (χ0) is 11.5. The molecule has 1 aliphatic carbocycles. The molecule has 0 saturated heterocycles. The molecule has 1 N–H and O–H groups in total. The van der Waals surface area contributed by atoms with Crippen molar-refractivity contribution in [2.75, 3.05) is 25.9 Å². The summed E-state index contributed by atoms with van der Waals surface area (Å²) in [5.41, 5.74) is -0.186. The van der Waals surface area contributed by atoms with Crippen LogP contribution in [-0.4, -0.2) is 41.5 Å². The Labute approximate surface area is 99.5 Å². The van der Waals surface area contributed by atoms with Gasteiger partial charge in [-0.15, -0.1) is 0 Å². The second-order valence-corrected chi connectivity index (χ2v) is 6.17. The number of hydrogen-bond donors (Lipinski definition) is 2. The van der Waals surface area contributed by atoms with Crippen LogP contribution in [0.25, 0.3) is 0 Å². The minimum Gasteiger partial charge on any atom is -0.389 e. The van der Waals surface area contributed by atoms with Crippen LogP contribution >= 0.6 is 12.6 Å². The summed E-state index contributed by atoms with van der Waals surface area (Å²) < 4.78 is 0. The van der Waals surface area contributed by atoms with Crippen molar-refractivity contribution in [1.29, 1.82) is 0 Å². The molecule has 15 heavy (non-hydrogen) atoms. The fourth-order valence-electron chi connectivity index (χ4n) is 2.78. The second kappa shape index (κ2) is 5.07. The fourth-order valence-corrected chi connectivity index (χ4v) is 3.20. The number of aliphatic hydroxyl groups is 1. The first kappa shape index (κ1) is 13.3. The number of thiol groups is 1. The Morgan fingerprint density at radius 3 is 2.27 bits per heavy atom. The first-order valence-corrected chi connectivity index (χ1v) is 6.52. The summed E-state index contributed by atoms with van der Waals surface area (Å²) in [5, 5.41) is 9.76. The van der Waals surface area contributed by atoms with E-state index in [1.807, 2.05) is 13.8 Å². The molecule has 2 nitrogen and oxygen atoms in total. The molecule has 0 bridgehead atoms. The average molecular weight is 231 g/mol. The number of hydrogen-bond acceptors (Lipinski definition) is 3. The molecule has 0 aromatic heterocycles. The SMILES string of the molecule is CN(CC(C)(C)O)CC1(CS)CCCC1. The van der Waals surface area contributed by atoms with Crippen LogP contribution in [0.15, 0.2) is 0 Å². The van der Waals surface area contributed by atoms with Gasteiger partial charge in [0.15, 0.2) is 0 Å². The minimum absolute atomic E-state index is 0.406. The van der Waals surface area contributed by atoms with E-state index >= 15 is 0 Å². The van der Waals surface area contributed by atoms with E-state index in [-0.39, 0.29) is 0 Å². The maximum Gasteiger partial charge on any atom is 0.0718 e. The van der Waals surface area contributed by atoms with Crippen molar-refractivity contribution >= 4 is 12.6 Å². The average Bonchev–Trinajstić information content (AvgIpc) is 2.50. The van der Waals surface area contributed by atoms with Crippen LogP contribution < -0.4 is 0 Å². The van der Waals surface area contributed by atoms with Crippen LogP contribution in [-0.2, 0) is 0 Å². The third-order valence-corrected chi connectivity index (χ3v) is 3.93. The number of rotatable bonds is 5. The van der Waals surface area contributed by atoms with Gasteiger partial charge in [0.25, 0.3) is 0 Å². The van der Waals surface area contributed by atoms with E-state index in [0.29, 0.717) is 5.41 Å². The van der Waals surface area contributed by atoms with Crippen LogP contribution in [0.4, 0.5) is 0 Å². The predicted molar refractivity (Wildman–Crippen MR) is 68.5 cm³/mol. The van der Waals surface area contributed by atoms with E-state index < -0.39 is 5.60 Å². The van der Waals surface area contributed by atoms with Gasteiger partial charge >= 0.3 is 0 Å². The van der Waals surface area contributed by atoms with Gasteiger partial charge < -0.3 is 10.0 Å². The van der Waals surface area contributed by atoms with Gasteiger partial charge in [-0.25, -0.2) is 0 Å². The van der Waals surface area contributed by atoms with E-state index in [1.54, 1.807) is 0 Å². The molecule has 1 rings (SSSR count). The van der Waals surface area contributed by atoms with Gasteiger partial charge in [0, 0.05) is 13.1 Å². The van der Waals surface area contributed by atoms with Gasteiger partial charge in [0.2, 0.25) is 0 Å². The highest BCUT2D eigenvalue weighted by atomic mass is 32.1. The molecule has 0 atom stereocenters. The summed E-state index contributed by atoms with van der Waals surface area (Å²) in [6.45, 7) is 5.54. The smallest absolute Gasteiger partial charge is 0.0718 e. The number of likely N-dealkylation sites (N-methyl/N-ethyl adjacent to an activating group) is 1. The Hall–Kier alpha value is 0.270. The molecule has 0 unspecified atom stereocenters. The van der Waals surface area contributed by atoms with Crippen molar-refractivity contribution in [3.8, 4) is 0 Å². The molecular formula is C12H25NOS. The minimum atomic E-state index is -0.592. The molecule has 0 amide bonds. The van der Waals surface area contributed by atoms with Crippen LogP contribution in [0.2, 0.25) is 0 Å². The summed E-state index contributed by atoms with van der Waals surface area (Å²) in [6, 6.07) is 0. The van der Waals surface area contributed by atoms with Crippen LogP contribution in [0.3, 0.4) is 0 Å². The molecule has 3 heteroatoms. The monoisotopic (exact) mass is 231 g/mol. The lowest BCUT2D eigenvalue weighted by Gasteiger charge is -2.34. The van der Waals surface area contributed by atoms with Gasteiger partial charge in [0.05, 0.1) is 5.60 Å². The first-order chi connectivity index (χ1) is 6.87. The highest BCUT2D eigenvalue weighted by Crippen LogP contribution is 2.39. The highest BCUT2D eigenvalue weighted by molar-refractivity contribution is 7.80. The molecular weight excluding hydrogens is 206 g/mol. The largest absolute Gasteiger partial charge is 0.389 e. The van der Waals surface area contributed by atoms with Crippen molar-refractivity contribution in [3.05, 3.63) is 0 Å². The Bertz CT molecular complexity index is 194. The first-order valence-electron chi connectivity index (χ1n) is 5.89. The molecule has 0 aromatic rings. The summed E-state index contributed by atoms with van der Waals surface area (Å²) in [7, 11) is 2.10. The van der Waals surface area contributed by atoms with Crippen molar-refractivity contribution in [3.63, 3.8) is 0 Å². The van der Waals surface area contributed by atoms with E-state index in [9.17, 15) is 5.11 Å². The molecule has 1 saturated carbocycles. The maximum absolute atomic E-state index is 9.76. The van der Waals surface area contributed by atoms with Gasteiger partial charge in [0.1, 0.15) is 0 Å². The number of nitrogens with zero attached hydrogens (tertiary/aromatic N) is 1. The lowest BCUT2D eigenvalue weighted by Crippen LogP contribution is -2.42. The third-order valence-electron chi connectivity index (χ3n) is 3.26. The molecule has 1 fully saturated rings. The van der Waals surface area contributed by atoms with Crippen molar-refractivity contribution in [2.24, 2.45) is 5.41 Å². The van der Waals surface area contributed by atoms with Gasteiger partial charge in [-0.3, -0.25) is 0 Å². The molecule has 90 valence electrons. The van der Waals surface area contributed by atoms with E-state index in [4.69, 9.17) is 0 Å². The van der Waals surface area contributed by atoms with Gasteiger partial charge in [-0.05, 0) is 44.9 Å². The fraction of sp³-hybridized carbons (Fsp3) is 1.00. The molecule has 0 heterocycles. The zero-order valence-electron chi connectivity index (χ0n) is 10.3. The van der Waals surface area contributed by atoms with Crippen LogP contribution in [0.1, 0.15) is 39.5 Å². The summed E-state index contributed by atoms with van der Waals surface area (Å²) in [5.74, 6) is 0.975. The summed E-state index contributed by atoms with van der Waals surface area (Å²) in [4.78, 5) is 2.25. The zero-order valence-corrected chi connectivity index (χ0v) is 11.2. The molecule has 0 radical (unpaired) electrons. The van der Waals surface area contributed by atoms with E-state index in [1.165, 1.54) is 25.7 Å².